The summed E-state index contributed by atoms with van der Waals surface area (Å²) in [6, 6.07) is 3.35. The molecule has 2 rings (SSSR count). The van der Waals surface area contributed by atoms with Crippen LogP contribution in [0.15, 0.2) is 12.1 Å². The third-order valence-electron chi connectivity index (χ3n) is 1.53. The van der Waals surface area contributed by atoms with Gasteiger partial charge >= 0.3 is 0 Å². The molecule has 66 valence electrons. The molecule has 0 aliphatic rings. The maximum Gasteiger partial charge on any atom is 0.178 e. The predicted molar refractivity (Wildman–Crippen MR) is 55.0 cm³/mol. The van der Waals surface area contributed by atoms with Crippen molar-refractivity contribution in [2.75, 3.05) is 0 Å². The molecule has 1 aromatic carbocycles. The molecule has 2 aromatic rings. The molecule has 0 unspecified atom stereocenters. The van der Waals surface area contributed by atoms with Gasteiger partial charge in [-0.2, -0.15) is 0 Å². The average Bonchev–Trinajstić information content (AvgIpc) is 2.47. The zero-order valence-corrected chi connectivity index (χ0v) is 8.58. The van der Waals surface area contributed by atoms with Gasteiger partial charge in [-0.3, -0.25) is 4.79 Å². The molecule has 0 bridgehead atoms. The zero-order valence-electron chi connectivity index (χ0n) is 6.25. The Morgan fingerprint density at radius 2 is 2.15 bits per heavy atom. The minimum atomic E-state index is 0.416. The van der Waals surface area contributed by atoms with Gasteiger partial charge < -0.3 is 0 Å². The molecule has 2 nitrogen and oxygen atoms in total. The summed E-state index contributed by atoms with van der Waals surface area (Å²) in [5.74, 6) is 0. The number of nitrogens with zero attached hydrogens (tertiary/aromatic N) is 1. The molecule has 1 aromatic heterocycles. The summed E-state index contributed by atoms with van der Waals surface area (Å²) in [6.07, 6.45) is 0.703. The van der Waals surface area contributed by atoms with Gasteiger partial charge in [-0.05, 0) is 12.1 Å². The predicted octanol–water partition coefficient (Wildman–Crippen LogP) is 3.42. The number of carbonyl (C=O) groups is 1. The Balaban J connectivity index is 2.82. The molecule has 0 N–H and O–H groups in total. The minimum absolute atomic E-state index is 0.416. The molecular formula is C8H3Cl2NOS. The number of halogens is 2. The zero-order chi connectivity index (χ0) is 9.42. The van der Waals surface area contributed by atoms with Gasteiger partial charge in [-0.1, -0.05) is 23.2 Å². The Morgan fingerprint density at radius 1 is 1.38 bits per heavy atom. The largest absolute Gasteiger partial charge is 0.295 e. The molecule has 1 heterocycles. The van der Waals surface area contributed by atoms with Crippen LogP contribution >= 0.6 is 34.5 Å². The highest BCUT2D eigenvalue weighted by molar-refractivity contribution is 7.20. The lowest BCUT2D eigenvalue weighted by Gasteiger charge is -1.92. The number of carbonyl (C=O) groups excluding carboxylic acids is 1. The van der Waals surface area contributed by atoms with Crippen LogP contribution in [0.3, 0.4) is 0 Å². The first-order valence-electron chi connectivity index (χ1n) is 3.41. The molecule has 0 saturated carbocycles. The number of aldehydes is 1. The standard InChI is InChI=1S/C8H3Cl2NOS/c9-4-1-5(10)8-6(2-4)13-7(3-12)11-8/h1-3H. The van der Waals surface area contributed by atoms with E-state index in [0.717, 1.165) is 4.70 Å². The smallest absolute Gasteiger partial charge is 0.178 e. The summed E-state index contributed by atoms with van der Waals surface area (Å²) < 4.78 is 0.833. The van der Waals surface area contributed by atoms with Crippen LogP contribution < -0.4 is 0 Å². The lowest BCUT2D eigenvalue weighted by Crippen LogP contribution is -1.75. The van der Waals surface area contributed by atoms with Gasteiger partial charge in [0, 0.05) is 5.02 Å². The topological polar surface area (TPSA) is 30.0 Å². The van der Waals surface area contributed by atoms with Gasteiger partial charge in [0.25, 0.3) is 0 Å². The van der Waals surface area contributed by atoms with Crippen molar-refractivity contribution < 1.29 is 4.79 Å². The number of fused-ring (bicyclic) bond motifs is 1. The fraction of sp³-hybridized carbons (Fsp3) is 0. The Hall–Kier alpha value is -0.640. The van der Waals surface area contributed by atoms with Crippen LogP contribution in [-0.2, 0) is 0 Å². The molecule has 0 saturated heterocycles. The van der Waals surface area contributed by atoms with Gasteiger partial charge in [0.15, 0.2) is 11.3 Å². The van der Waals surface area contributed by atoms with Crippen molar-refractivity contribution in [2.24, 2.45) is 0 Å². The van der Waals surface area contributed by atoms with Crippen LogP contribution in [0.2, 0.25) is 10.0 Å². The Kier molecular flexibility index (Phi) is 2.24. The first-order chi connectivity index (χ1) is 6.20. The summed E-state index contributed by atoms with van der Waals surface area (Å²) in [5.41, 5.74) is 0.637. The third-order valence-corrected chi connectivity index (χ3v) is 2.96. The second-order valence-corrected chi connectivity index (χ2v) is 4.31. The van der Waals surface area contributed by atoms with Crippen LogP contribution in [0.1, 0.15) is 9.80 Å². The molecule has 13 heavy (non-hydrogen) atoms. The monoisotopic (exact) mass is 231 g/mol. The van der Waals surface area contributed by atoms with Crippen molar-refractivity contribution in [1.29, 1.82) is 0 Å². The Bertz CT molecular complexity index is 480. The fourth-order valence-corrected chi connectivity index (χ4v) is 2.53. The van der Waals surface area contributed by atoms with Crippen LogP contribution in [0.4, 0.5) is 0 Å². The molecule has 5 heteroatoms. The Labute approximate surface area is 88.1 Å². The van der Waals surface area contributed by atoms with Crippen LogP contribution in [0.5, 0.6) is 0 Å². The average molecular weight is 232 g/mol. The lowest BCUT2D eigenvalue weighted by molar-refractivity contribution is 0.112. The molecule has 0 aliphatic carbocycles. The first kappa shape index (κ1) is 8.94. The van der Waals surface area contributed by atoms with Gasteiger partial charge in [-0.25, -0.2) is 4.98 Å². The van der Waals surface area contributed by atoms with Crippen molar-refractivity contribution >= 4 is 51.0 Å². The molecule has 0 aliphatic heterocycles. The SMILES string of the molecule is O=Cc1nc2c(Cl)cc(Cl)cc2s1. The number of aromatic nitrogens is 1. The summed E-state index contributed by atoms with van der Waals surface area (Å²) >= 11 is 12.9. The third kappa shape index (κ3) is 1.55. The van der Waals surface area contributed by atoms with Crippen molar-refractivity contribution in [1.82, 2.24) is 4.98 Å². The second-order valence-electron chi connectivity index (χ2n) is 2.40. The summed E-state index contributed by atoms with van der Waals surface area (Å²) in [7, 11) is 0. The minimum Gasteiger partial charge on any atom is -0.295 e. The van der Waals surface area contributed by atoms with E-state index in [1.54, 1.807) is 12.1 Å². The number of thiazole rings is 1. The van der Waals surface area contributed by atoms with E-state index in [1.165, 1.54) is 11.3 Å². The number of hydrogen-bond donors (Lipinski definition) is 0. The summed E-state index contributed by atoms with van der Waals surface area (Å²) in [5, 5.41) is 1.45. The van der Waals surface area contributed by atoms with E-state index in [4.69, 9.17) is 23.2 Å². The van der Waals surface area contributed by atoms with E-state index in [9.17, 15) is 4.79 Å². The number of hydrogen-bond acceptors (Lipinski definition) is 3. The van der Waals surface area contributed by atoms with Gasteiger partial charge in [-0.15, -0.1) is 11.3 Å². The van der Waals surface area contributed by atoms with Crippen molar-refractivity contribution in [3.05, 3.63) is 27.2 Å². The maximum atomic E-state index is 10.4. The number of benzene rings is 1. The summed E-state index contributed by atoms with van der Waals surface area (Å²) in [6.45, 7) is 0. The van der Waals surface area contributed by atoms with Crippen LogP contribution in [0, 0.1) is 0 Å². The van der Waals surface area contributed by atoms with E-state index in [2.05, 4.69) is 4.98 Å². The van der Waals surface area contributed by atoms with E-state index in [1.807, 2.05) is 0 Å². The fourth-order valence-electron chi connectivity index (χ4n) is 1.02. The first-order valence-corrected chi connectivity index (χ1v) is 4.98. The Morgan fingerprint density at radius 3 is 2.85 bits per heavy atom. The van der Waals surface area contributed by atoms with E-state index in [-0.39, 0.29) is 0 Å². The molecule has 0 atom stereocenters. The van der Waals surface area contributed by atoms with Crippen molar-refractivity contribution in [3.8, 4) is 0 Å². The highest BCUT2D eigenvalue weighted by atomic mass is 35.5. The van der Waals surface area contributed by atoms with Gasteiger partial charge in [0.05, 0.1) is 9.72 Å². The van der Waals surface area contributed by atoms with E-state index in [0.29, 0.717) is 26.9 Å². The van der Waals surface area contributed by atoms with E-state index >= 15 is 0 Å². The van der Waals surface area contributed by atoms with Gasteiger partial charge in [0.1, 0.15) is 5.52 Å². The highest BCUT2D eigenvalue weighted by Gasteiger charge is 2.07. The maximum absolute atomic E-state index is 10.4. The lowest BCUT2D eigenvalue weighted by atomic mass is 10.3. The van der Waals surface area contributed by atoms with Crippen molar-refractivity contribution in [3.63, 3.8) is 0 Å². The molecule has 0 amide bonds. The van der Waals surface area contributed by atoms with Crippen LogP contribution in [-0.4, -0.2) is 11.3 Å². The van der Waals surface area contributed by atoms with Crippen LogP contribution in [0.25, 0.3) is 10.2 Å². The second kappa shape index (κ2) is 3.25. The van der Waals surface area contributed by atoms with E-state index < -0.39 is 0 Å². The molecule has 0 spiro atoms. The molecule has 0 radical (unpaired) electrons. The van der Waals surface area contributed by atoms with Gasteiger partial charge in [0.2, 0.25) is 0 Å². The summed E-state index contributed by atoms with van der Waals surface area (Å²) in [4.78, 5) is 14.5. The normalized spacial score (nSPS) is 10.6. The highest BCUT2D eigenvalue weighted by Crippen LogP contribution is 2.30. The van der Waals surface area contributed by atoms with Crippen molar-refractivity contribution in [2.45, 2.75) is 0 Å². The number of rotatable bonds is 1. The quantitative estimate of drug-likeness (QED) is 0.705. The molecule has 0 fully saturated rings. The molecular weight excluding hydrogens is 229 g/mol.